The second kappa shape index (κ2) is 9.51. The highest BCUT2D eigenvalue weighted by Gasteiger charge is 2.65. The van der Waals surface area contributed by atoms with E-state index in [1.807, 2.05) is 13.1 Å². The van der Waals surface area contributed by atoms with Crippen molar-refractivity contribution >= 4 is 29.9 Å². The number of nitrogens with one attached hydrogen (secondary N) is 1. The third-order valence-electron chi connectivity index (χ3n) is 7.39. The maximum Gasteiger partial charge on any atom is 0.193 e. The molecule has 2 aliphatic carbocycles. The van der Waals surface area contributed by atoms with E-state index in [1.165, 1.54) is 43.2 Å². The van der Waals surface area contributed by atoms with E-state index in [0.717, 1.165) is 30.6 Å². The lowest BCUT2D eigenvalue weighted by Gasteiger charge is -2.57. The van der Waals surface area contributed by atoms with Crippen LogP contribution in [-0.4, -0.2) is 57.9 Å². The van der Waals surface area contributed by atoms with Crippen molar-refractivity contribution in [2.75, 3.05) is 34.9 Å². The minimum absolute atomic E-state index is 0. The SMILES string of the molecule is CN=C(NC1C2CCOC2C12CCCC2)N(C)Cc1cc(OC)c(OC)cc1C.I. The molecule has 0 bridgehead atoms. The van der Waals surface area contributed by atoms with Crippen LogP contribution in [0.5, 0.6) is 11.5 Å². The van der Waals surface area contributed by atoms with E-state index in [-0.39, 0.29) is 24.0 Å². The number of methoxy groups -OCH3 is 2. The molecule has 1 spiro atoms. The van der Waals surface area contributed by atoms with Gasteiger partial charge in [0.05, 0.1) is 20.3 Å². The second-order valence-corrected chi connectivity index (χ2v) is 8.84. The summed E-state index contributed by atoms with van der Waals surface area (Å²) in [4.78, 5) is 6.82. The molecule has 2 saturated carbocycles. The van der Waals surface area contributed by atoms with Gasteiger partial charge in [0, 0.05) is 44.6 Å². The zero-order chi connectivity index (χ0) is 20.6. The van der Waals surface area contributed by atoms with Crippen LogP contribution in [0.2, 0.25) is 0 Å². The number of halogens is 1. The quantitative estimate of drug-likeness (QED) is 0.355. The Bertz CT molecular complexity index is 779. The number of aryl methyl sites for hydroxylation is 1. The Labute approximate surface area is 197 Å². The van der Waals surface area contributed by atoms with E-state index >= 15 is 0 Å². The van der Waals surface area contributed by atoms with Crippen LogP contribution in [0.15, 0.2) is 17.1 Å². The summed E-state index contributed by atoms with van der Waals surface area (Å²) in [5.74, 6) is 3.12. The van der Waals surface area contributed by atoms with Crippen molar-refractivity contribution in [1.29, 1.82) is 0 Å². The van der Waals surface area contributed by atoms with Crippen LogP contribution >= 0.6 is 24.0 Å². The number of aliphatic imine (C=N–C) groups is 1. The van der Waals surface area contributed by atoms with Gasteiger partial charge in [0.25, 0.3) is 0 Å². The molecule has 4 rings (SSSR count). The first-order valence-corrected chi connectivity index (χ1v) is 10.8. The Morgan fingerprint density at radius 3 is 2.53 bits per heavy atom. The summed E-state index contributed by atoms with van der Waals surface area (Å²) in [6, 6.07) is 4.59. The van der Waals surface area contributed by atoms with Gasteiger partial charge in [0.15, 0.2) is 17.5 Å². The van der Waals surface area contributed by atoms with Gasteiger partial charge in [0.1, 0.15) is 0 Å². The maximum atomic E-state index is 6.14. The normalized spacial score (nSPS) is 26.6. The van der Waals surface area contributed by atoms with Crippen molar-refractivity contribution in [3.8, 4) is 11.5 Å². The Hall–Kier alpha value is -1.22. The van der Waals surface area contributed by atoms with E-state index in [0.29, 0.717) is 23.5 Å². The average molecular weight is 529 g/mol. The monoisotopic (exact) mass is 529 g/mol. The van der Waals surface area contributed by atoms with Gasteiger partial charge in [-0.15, -0.1) is 24.0 Å². The highest BCUT2D eigenvalue weighted by molar-refractivity contribution is 14.0. The minimum atomic E-state index is 0. The zero-order valence-corrected chi connectivity index (χ0v) is 21.2. The predicted molar refractivity (Wildman–Crippen MR) is 130 cm³/mol. The molecule has 7 heteroatoms. The number of hydrogen-bond acceptors (Lipinski definition) is 4. The van der Waals surface area contributed by atoms with Gasteiger partial charge in [-0.05, 0) is 49.4 Å². The van der Waals surface area contributed by atoms with Crippen LogP contribution in [0.4, 0.5) is 0 Å². The number of nitrogens with zero attached hydrogens (tertiary/aromatic N) is 2. The molecule has 1 heterocycles. The molecule has 3 aliphatic rings. The highest BCUT2D eigenvalue weighted by Crippen LogP contribution is 2.60. The summed E-state index contributed by atoms with van der Waals surface area (Å²) in [5.41, 5.74) is 2.71. The lowest BCUT2D eigenvalue weighted by molar-refractivity contribution is -0.125. The molecular weight excluding hydrogens is 493 g/mol. The van der Waals surface area contributed by atoms with Crippen LogP contribution in [0, 0.1) is 18.3 Å². The third-order valence-corrected chi connectivity index (χ3v) is 7.39. The predicted octanol–water partition coefficient (Wildman–Crippen LogP) is 3.99. The van der Waals surface area contributed by atoms with Crippen molar-refractivity contribution in [2.24, 2.45) is 16.3 Å². The van der Waals surface area contributed by atoms with Gasteiger partial charge in [0.2, 0.25) is 0 Å². The first-order chi connectivity index (χ1) is 14.0. The Kier molecular flexibility index (Phi) is 7.43. The lowest BCUT2D eigenvalue weighted by Crippen LogP contribution is -2.69. The van der Waals surface area contributed by atoms with Crippen LogP contribution in [-0.2, 0) is 11.3 Å². The fourth-order valence-corrected chi connectivity index (χ4v) is 5.91. The summed E-state index contributed by atoms with van der Waals surface area (Å²) in [5, 5.41) is 3.84. The minimum Gasteiger partial charge on any atom is -0.493 e. The lowest BCUT2D eigenvalue weighted by atomic mass is 9.54. The smallest absolute Gasteiger partial charge is 0.193 e. The Balaban J connectivity index is 0.00000256. The fraction of sp³-hybridized carbons (Fsp3) is 0.696. The molecule has 0 aromatic heterocycles. The van der Waals surface area contributed by atoms with Crippen molar-refractivity contribution < 1.29 is 14.2 Å². The summed E-state index contributed by atoms with van der Waals surface area (Å²) in [6.45, 7) is 3.78. The van der Waals surface area contributed by atoms with E-state index < -0.39 is 0 Å². The molecule has 0 amide bonds. The Morgan fingerprint density at radius 2 is 1.90 bits per heavy atom. The molecule has 1 aliphatic heterocycles. The largest absolute Gasteiger partial charge is 0.493 e. The molecular formula is C23H36IN3O3. The first kappa shape index (κ1) is 23.4. The number of guanidine groups is 1. The number of hydrogen-bond donors (Lipinski definition) is 1. The number of fused-ring (bicyclic) bond motifs is 2. The van der Waals surface area contributed by atoms with Gasteiger partial charge >= 0.3 is 0 Å². The molecule has 1 aromatic rings. The summed E-state index contributed by atoms with van der Waals surface area (Å²) >= 11 is 0. The molecule has 1 aromatic carbocycles. The average Bonchev–Trinajstić information content (AvgIpc) is 3.38. The summed E-state index contributed by atoms with van der Waals surface area (Å²) in [6.07, 6.45) is 6.83. The van der Waals surface area contributed by atoms with E-state index in [2.05, 4.69) is 35.2 Å². The highest BCUT2D eigenvalue weighted by atomic mass is 127. The number of rotatable bonds is 5. The number of benzene rings is 1. The summed E-state index contributed by atoms with van der Waals surface area (Å²) < 4.78 is 17.1. The van der Waals surface area contributed by atoms with Gasteiger partial charge in [-0.3, -0.25) is 4.99 Å². The zero-order valence-electron chi connectivity index (χ0n) is 18.9. The van der Waals surface area contributed by atoms with Crippen molar-refractivity contribution in [1.82, 2.24) is 10.2 Å². The molecule has 3 atom stereocenters. The van der Waals surface area contributed by atoms with E-state index in [4.69, 9.17) is 14.2 Å². The van der Waals surface area contributed by atoms with Crippen molar-refractivity contribution in [3.05, 3.63) is 23.3 Å². The molecule has 30 heavy (non-hydrogen) atoms. The van der Waals surface area contributed by atoms with Gasteiger partial charge < -0.3 is 24.4 Å². The maximum absolute atomic E-state index is 6.14. The van der Waals surface area contributed by atoms with Crippen LogP contribution < -0.4 is 14.8 Å². The van der Waals surface area contributed by atoms with E-state index in [1.54, 1.807) is 14.2 Å². The third kappa shape index (κ3) is 3.87. The van der Waals surface area contributed by atoms with Gasteiger partial charge in [-0.2, -0.15) is 0 Å². The molecule has 6 nitrogen and oxygen atoms in total. The molecule has 1 saturated heterocycles. The fourth-order valence-electron chi connectivity index (χ4n) is 5.91. The summed E-state index contributed by atoms with van der Waals surface area (Å²) in [7, 11) is 7.34. The van der Waals surface area contributed by atoms with Crippen LogP contribution in [0.3, 0.4) is 0 Å². The van der Waals surface area contributed by atoms with E-state index in [9.17, 15) is 0 Å². The second-order valence-electron chi connectivity index (χ2n) is 8.84. The van der Waals surface area contributed by atoms with Gasteiger partial charge in [-0.25, -0.2) is 0 Å². The van der Waals surface area contributed by atoms with Crippen molar-refractivity contribution in [2.45, 2.75) is 57.7 Å². The van der Waals surface area contributed by atoms with Crippen molar-refractivity contribution in [3.63, 3.8) is 0 Å². The standard InChI is InChI=1S/C23H35N3O3.HI/c1-15-12-18(27-4)19(28-5)13-16(15)14-26(3)22(24-2)25-20-17-8-11-29-21(17)23(20)9-6-7-10-23;/h12-13,17,20-21H,6-11,14H2,1-5H3,(H,24,25);1H. The van der Waals surface area contributed by atoms with Crippen LogP contribution in [0.1, 0.15) is 43.2 Å². The molecule has 0 radical (unpaired) electrons. The molecule has 3 unspecified atom stereocenters. The first-order valence-electron chi connectivity index (χ1n) is 10.8. The molecule has 3 fully saturated rings. The number of ether oxygens (including phenoxy) is 3. The van der Waals surface area contributed by atoms with Gasteiger partial charge in [-0.1, -0.05) is 12.8 Å². The Morgan fingerprint density at radius 1 is 1.23 bits per heavy atom. The molecule has 1 N–H and O–H groups in total. The topological polar surface area (TPSA) is 55.3 Å². The van der Waals surface area contributed by atoms with Crippen LogP contribution in [0.25, 0.3) is 0 Å². The molecule has 168 valence electrons.